The average molecular weight is 187 g/mol. The van der Waals surface area contributed by atoms with E-state index in [4.69, 9.17) is 5.26 Å². The van der Waals surface area contributed by atoms with E-state index in [-0.39, 0.29) is 12.0 Å². The van der Waals surface area contributed by atoms with Crippen molar-refractivity contribution in [3.8, 4) is 17.9 Å². The molecule has 0 bridgehead atoms. The number of hydrogen-bond donors (Lipinski definition) is 0. The molecule has 0 unspecified atom stereocenters. The number of benzene rings is 1. The summed E-state index contributed by atoms with van der Waals surface area (Å²) in [5.74, 6) is 4.66. The minimum Gasteiger partial charge on any atom is -0.298 e. The molecule has 2 nitrogen and oxygen atoms in total. The van der Waals surface area contributed by atoms with E-state index in [1.54, 1.807) is 0 Å². The normalized spacial score (nSPS) is 8.29. The Labute approximate surface area is 81.0 Å². The van der Waals surface area contributed by atoms with E-state index in [1.165, 1.54) is 18.2 Å². The van der Waals surface area contributed by atoms with Crippen molar-refractivity contribution in [2.45, 2.75) is 6.42 Å². The fraction of sp³-hybridized carbons (Fsp3) is 0.0909. The second-order valence-corrected chi connectivity index (χ2v) is 2.49. The lowest BCUT2D eigenvalue weighted by atomic mass is 10.1. The van der Waals surface area contributed by atoms with Gasteiger partial charge in [-0.05, 0) is 18.2 Å². The first kappa shape index (κ1) is 9.95. The van der Waals surface area contributed by atoms with Gasteiger partial charge < -0.3 is 0 Å². The van der Waals surface area contributed by atoms with E-state index in [9.17, 15) is 9.18 Å². The van der Waals surface area contributed by atoms with Crippen LogP contribution >= 0.6 is 0 Å². The average Bonchev–Trinajstić information content (AvgIpc) is 2.21. The van der Waals surface area contributed by atoms with Crippen LogP contribution in [0.1, 0.15) is 22.3 Å². The molecule has 0 spiro atoms. The lowest BCUT2D eigenvalue weighted by Crippen LogP contribution is -1.88. The summed E-state index contributed by atoms with van der Waals surface area (Å²) in [6, 6.07) is 5.86. The molecular weight excluding hydrogens is 181 g/mol. The summed E-state index contributed by atoms with van der Waals surface area (Å²) in [5, 5.41) is 8.22. The molecule has 0 atom stereocenters. The fourth-order valence-electron chi connectivity index (χ4n) is 0.898. The minimum atomic E-state index is -0.564. The van der Waals surface area contributed by atoms with Gasteiger partial charge in [0.05, 0.1) is 18.1 Å². The van der Waals surface area contributed by atoms with Gasteiger partial charge >= 0.3 is 0 Å². The van der Waals surface area contributed by atoms with Gasteiger partial charge in [0.15, 0.2) is 6.29 Å². The Balaban J connectivity index is 2.98. The van der Waals surface area contributed by atoms with Crippen molar-refractivity contribution in [2.24, 2.45) is 0 Å². The molecule has 0 aliphatic carbocycles. The molecule has 0 N–H and O–H groups in total. The van der Waals surface area contributed by atoms with Crippen LogP contribution in [0, 0.1) is 29.0 Å². The smallest absolute Gasteiger partial charge is 0.153 e. The molecular formula is C11H6FNO. The van der Waals surface area contributed by atoms with Crippen LogP contribution in [0.2, 0.25) is 0 Å². The summed E-state index contributed by atoms with van der Waals surface area (Å²) >= 11 is 0. The minimum absolute atomic E-state index is 0.0197. The van der Waals surface area contributed by atoms with E-state index in [0.29, 0.717) is 11.8 Å². The predicted molar refractivity (Wildman–Crippen MR) is 48.9 cm³/mol. The van der Waals surface area contributed by atoms with Gasteiger partial charge in [-0.25, -0.2) is 4.39 Å². The van der Waals surface area contributed by atoms with Crippen LogP contribution in [-0.2, 0) is 0 Å². The summed E-state index contributed by atoms with van der Waals surface area (Å²) in [6.45, 7) is 0. The van der Waals surface area contributed by atoms with Gasteiger partial charge in [0.1, 0.15) is 5.82 Å². The van der Waals surface area contributed by atoms with Crippen LogP contribution in [0.5, 0.6) is 0 Å². The molecule has 0 fully saturated rings. The first-order chi connectivity index (χ1) is 6.77. The van der Waals surface area contributed by atoms with E-state index in [1.807, 2.05) is 6.07 Å². The van der Waals surface area contributed by atoms with Crippen molar-refractivity contribution in [1.29, 1.82) is 5.26 Å². The summed E-state index contributed by atoms with van der Waals surface area (Å²) < 4.78 is 12.8. The Hall–Kier alpha value is -2.13. The first-order valence-electron chi connectivity index (χ1n) is 3.88. The van der Waals surface area contributed by atoms with E-state index < -0.39 is 5.82 Å². The Morgan fingerprint density at radius 1 is 1.50 bits per heavy atom. The highest BCUT2D eigenvalue weighted by Gasteiger charge is 1.99. The van der Waals surface area contributed by atoms with Crippen molar-refractivity contribution < 1.29 is 9.18 Å². The number of nitrogens with zero attached hydrogens (tertiary/aromatic N) is 1. The molecule has 0 aliphatic rings. The second kappa shape index (κ2) is 4.79. The molecule has 1 aromatic rings. The third-order valence-corrected chi connectivity index (χ3v) is 1.52. The number of rotatable bonds is 1. The first-order valence-corrected chi connectivity index (χ1v) is 3.88. The summed E-state index contributed by atoms with van der Waals surface area (Å²) in [5.41, 5.74) is 0.512. The highest BCUT2D eigenvalue weighted by atomic mass is 19.1. The molecule has 0 saturated carbocycles. The fourth-order valence-corrected chi connectivity index (χ4v) is 0.898. The predicted octanol–water partition coefficient (Wildman–Crippen LogP) is 1.90. The molecule has 3 heteroatoms. The van der Waals surface area contributed by atoms with Crippen LogP contribution in [0.3, 0.4) is 0 Å². The monoisotopic (exact) mass is 187 g/mol. The lowest BCUT2D eigenvalue weighted by molar-refractivity contribution is 0.112. The van der Waals surface area contributed by atoms with Gasteiger partial charge in [-0.15, -0.1) is 0 Å². The van der Waals surface area contributed by atoms with Crippen molar-refractivity contribution in [1.82, 2.24) is 0 Å². The Morgan fingerprint density at radius 3 is 2.93 bits per heavy atom. The zero-order valence-electron chi connectivity index (χ0n) is 7.25. The molecule has 1 rings (SSSR count). The number of halogens is 1. The molecule has 1 aromatic carbocycles. The highest BCUT2D eigenvalue weighted by Crippen LogP contribution is 2.07. The van der Waals surface area contributed by atoms with E-state index >= 15 is 0 Å². The highest BCUT2D eigenvalue weighted by molar-refractivity contribution is 5.76. The van der Waals surface area contributed by atoms with E-state index in [0.717, 1.165) is 0 Å². The maximum atomic E-state index is 12.8. The van der Waals surface area contributed by atoms with Crippen molar-refractivity contribution in [3.05, 3.63) is 35.1 Å². The molecule has 68 valence electrons. The third-order valence-electron chi connectivity index (χ3n) is 1.52. The van der Waals surface area contributed by atoms with Crippen molar-refractivity contribution in [2.75, 3.05) is 0 Å². The van der Waals surface area contributed by atoms with Gasteiger partial charge in [0.25, 0.3) is 0 Å². The molecule has 0 amide bonds. The topological polar surface area (TPSA) is 40.9 Å². The van der Waals surface area contributed by atoms with Gasteiger partial charge in [0, 0.05) is 5.56 Å². The van der Waals surface area contributed by atoms with Gasteiger partial charge in [0.2, 0.25) is 0 Å². The Kier molecular flexibility index (Phi) is 3.41. The number of nitriles is 1. The zero-order chi connectivity index (χ0) is 10.4. The number of carbonyl (C=O) groups excluding carboxylic acids is 1. The van der Waals surface area contributed by atoms with Gasteiger partial charge in [-0.1, -0.05) is 11.8 Å². The number of carbonyl (C=O) groups is 1. The van der Waals surface area contributed by atoms with Crippen molar-refractivity contribution >= 4 is 6.29 Å². The molecule has 0 saturated heterocycles. The molecule has 0 radical (unpaired) electrons. The number of aldehydes is 1. The van der Waals surface area contributed by atoms with E-state index in [2.05, 4.69) is 11.8 Å². The number of hydrogen-bond acceptors (Lipinski definition) is 2. The summed E-state index contributed by atoms with van der Waals surface area (Å²) in [7, 11) is 0. The maximum Gasteiger partial charge on any atom is 0.153 e. The van der Waals surface area contributed by atoms with Gasteiger partial charge in [-0.2, -0.15) is 5.26 Å². The molecule has 14 heavy (non-hydrogen) atoms. The second-order valence-electron chi connectivity index (χ2n) is 2.49. The largest absolute Gasteiger partial charge is 0.298 e. The SMILES string of the molecule is N#CCC#Cc1ccc(F)c(C=O)c1. The lowest BCUT2D eigenvalue weighted by Gasteiger charge is -1.94. The zero-order valence-corrected chi connectivity index (χ0v) is 7.25. The Bertz CT molecular complexity index is 449. The third kappa shape index (κ3) is 2.43. The van der Waals surface area contributed by atoms with Crippen LogP contribution in [0.15, 0.2) is 18.2 Å². The van der Waals surface area contributed by atoms with Crippen LogP contribution < -0.4 is 0 Å². The summed E-state index contributed by atoms with van der Waals surface area (Å²) in [4.78, 5) is 10.4. The van der Waals surface area contributed by atoms with Crippen LogP contribution in [0.4, 0.5) is 4.39 Å². The molecule has 0 aromatic heterocycles. The quantitative estimate of drug-likeness (QED) is 0.497. The standard InChI is InChI=1S/C11H6FNO/c12-11-5-4-9(3-1-2-6-13)7-10(11)8-14/h4-5,7-8H,2H2. The molecule has 0 aliphatic heterocycles. The maximum absolute atomic E-state index is 12.8. The molecule has 0 heterocycles. The van der Waals surface area contributed by atoms with Crippen molar-refractivity contribution in [3.63, 3.8) is 0 Å². The van der Waals surface area contributed by atoms with Crippen LogP contribution in [0.25, 0.3) is 0 Å². The van der Waals surface area contributed by atoms with Gasteiger partial charge in [-0.3, -0.25) is 4.79 Å². The van der Waals surface area contributed by atoms with Crippen LogP contribution in [-0.4, -0.2) is 6.29 Å². The summed E-state index contributed by atoms with van der Waals surface area (Å²) in [6.07, 6.45) is 0.554. The Morgan fingerprint density at radius 2 is 2.29 bits per heavy atom.